The number of nitrogens with one attached hydrogen (secondary N) is 1. The summed E-state index contributed by atoms with van der Waals surface area (Å²) in [5.41, 5.74) is 1.17. The van der Waals surface area contributed by atoms with Crippen LogP contribution in [0.1, 0.15) is 48.8 Å². The maximum atomic E-state index is 4.77. The van der Waals surface area contributed by atoms with Crippen LogP contribution in [0.4, 0.5) is 0 Å². The number of aryl methyl sites for hydroxylation is 1. The van der Waals surface area contributed by atoms with Crippen LogP contribution in [0, 0.1) is 12.8 Å². The van der Waals surface area contributed by atoms with Crippen LogP contribution in [-0.2, 0) is 0 Å². The zero-order chi connectivity index (χ0) is 13.2. The van der Waals surface area contributed by atoms with Gasteiger partial charge in [0.05, 0.1) is 6.04 Å². The molecule has 0 amide bonds. The van der Waals surface area contributed by atoms with Crippen molar-refractivity contribution < 1.29 is 0 Å². The molecule has 1 aromatic heterocycles. The van der Waals surface area contributed by atoms with Crippen molar-refractivity contribution in [3.63, 3.8) is 0 Å². The molecule has 3 rings (SSSR count). The summed E-state index contributed by atoms with van der Waals surface area (Å²) < 4.78 is 0. The minimum absolute atomic E-state index is 0.521. The van der Waals surface area contributed by atoms with Gasteiger partial charge in [-0.1, -0.05) is 6.42 Å². The van der Waals surface area contributed by atoms with Gasteiger partial charge < -0.3 is 5.32 Å². The first kappa shape index (κ1) is 13.5. The molecule has 1 aliphatic carbocycles. The zero-order valence-corrected chi connectivity index (χ0v) is 12.9. The van der Waals surface area contributed by atoms with E-state index in [1.165, 1.54) is 49.4 Å². The summed E-state index contributed by atoms with van der Waals surface area (Å²) in [7, 11) is 2.27. The molecule has 1 saturated carbocycles. The van der Waals surface area contributed by atoms with Crippen molar-refractivity contribution in [3.05, 3.63) is 16.1 Å². The second-order valence-corrected chi connectivity index (χ2v) is 7.08. The molecule has 2 heterocycles. The van der Waals surface area contributed by atoms with E-state index < -0.39 is 0 Å². The lowest BCUT2D eigenvalue weighted by atomic mass is 9.95. The molecule has 0 aromatic carbocycles. The second kappa shape index (κ2) is 5.90. The Morgan fingerprint density at radius 3 is 2.89 bits per heavy atom. The fourth-order valence-electron chi connectivity index (χ4n) is 3.14. The van der Waals surface area contributed by atoms with Gasteiger partial charge in [-0.2, -0.15) is 0 Å². The van der Waals surface area contributed by atoms with Crippen LogP contribution >= 0.6 is 11.3 Å². The van der Waals surface area contributed by atoms with Crippen molar-refractivity contribution >= 4 is 11.3 Å². The Labute approximate surface area is 120 Å². The maximum Gasteiger partial charge on any atom is 0.110 e. The lowest BCUT2D eigenvalue weighted by molar-refractivity contribution is 0.188. The van der Waals surface area contributed by atoms with Crippen molar-refractivity contribution in [1.82, 2.24) is 15.2 Å². The van der Waals surface area contributed by atoms with Crippen molar-refractivity contribution in [2.24, 2.45) is 5.92 Å². The zero-order valence-electron chi connectivity index (χ0n) is 12.1. The molecular formula is C15H25N3S. The fraction of sp³-hybridized carbons (Fsp3) is 0.800. The minimum Gasteiger partial charge on any atom is -0.314 e. The predicted molar refractivity (Wildman–Crippen MR) is 80.6 cm³/mol. The smallest absolute Gasteiger partial charge is 0.110 e. The van der Waals surface area contributed by atoms with Gasteiger partial charge >= 0.3 is 0 Å². The molecule has 2 fully saturated rings. The first-order chi connectivity index (χ1) is 9.24. The van der Waals surface area contributed by atoms with Crippen molar-refractivity contribution in [2.45, 2.75) is 51.1 Å². The number of hydrogen-bond acceptors (Lipinski definition) is 4. The molecule has 2 atom stereocenters. The molecule has 1 aromatic rings. The first-order valence-corrected chi connectivity index (χ1v) is 8.47. The minimum atomic E-state index is 0.521. The standard InChI is InChI=1S/C15H25N3S/c1-11-10-19-15(17-11)14-12(9-16-13-6-7-13)5-3-4-8-18(14)2/h10,12-14,16H,3-9H2,1-2H3. The molecule has 4 heteroatoms. The molecule has 3 nitrogen and oxygen atoms in total. The average Bonchev–Trinajstić information content (AvgIpc) is 3.15. The van der Waals surface area contributed by atoms with E-state index in [4.69, 9.17) is 4.98 Å². The highest BCUT2D eigenvalue weighted by atomic mass is 32.1. The summed E-state index contributed by atoms with van der Waals surface area (Å²) in [4.78, 5) is 7.30. The van der Waals surface area contributed by atoms with Gasteiger partial charge in [-0.25, -0.2) is 4.98 Å². The highest BCUT2D eigenvalue weighted by molar-refractivity contribution is 7.09. The van der Waals surface area contributed by atoms with Crippen LogP contribution in [0.3, 0.4) is 0 Å². The van der Waals surface area contributed by atoms with Gasteiger partial charge in [0.1, 0.15) is 5.01 Å². The highest BCUT2D eigenvalue weighted by Crippen LogP contribution is 2.35. The Bertz CT molecular complexity index is 413. The molecule has 0 bridgehead atoms. The van der Waals surface area contributed by atoms with Crippen LogP contribution in [0.5, 0.6) is 0 Å². The first-order valence-electron chi connectivity index (χ1n) is 7.59. The lowest BCUT2D eigenvalue weighted by Crippen LogP contribution is -2.35. The average molecular weight is 279 g/mol. The fourth-order valence-corrected chi connectivity index (χ4v) is 4.19. The topological polar surface area (TPSA) is 28.2 Å². The summed E-state index contributed by atoms with van der Waals surface area (Å²) >= 11 is 1.84. The van der Waals surface area contributed by atoms with E-state index in [0.717, 1.165) is 18.5 Å². The van der Waals surface area contributed by atoms with E-state index in [1.807, 2.05) is 11.3 Å². The quantitative estimate of drug-likeness (QED) is 0.918. The number of likely N-dealkylation sites (tertiary alicyclic amines) is 1. The summed E-state index contributed by atoms with van der Waals surface area (Å²) in [5.74, 6) is 0.721. The molecule has 1 saturated heterocycles. The van der Waals surface area contributed by atoms with E-state index in [0.29, 0.717) is 6.04 Å². The molecule has 0 radical (unpaired) electrons. The molecule has 106 valence electrons. The van der Waals surface area contributed by atoms with E-state index in [1.54, 1.807) is 0 Å². The Kier molecular flexibility index (Phi) is 4.20. The SMILES string of the molecule is Cc1csc(C2C(CNC3CC3)CCCCN2C)n1. The third-order valence-corrected chi connectivity index (χ3v) is 5.43. The van der Waals surface area contributed by atoms with E-state index in [-0.39, 0.29) is 0 Å². The number of hydrogen-bond donors (Lipinski definition) is 1. The molecule has 1 N–H and O–H groups in total. The summed E-state index contributed by atoms with van der Waals surface area (Å²) in [6.45, 7) is 4.48. The summed E-state index contributed by atoms with van der Waals surface area (Å²) in [6, 6.07) is 1.33. The maximum absolute atomic E-state index is 4.77. The Balaban J connectivity index is 1.75. The van der Waals surface area contributed by atoms with Crippen molar-refractivity contribution in [3.8, 4) is 0 Å². The van der Waals surface area contributed by atoms with E-state index in [2.05, 4.69) is 29.6 Å². The van der Waals surface area contributed by atoms with E-state index in [9.17, 15) is 0 Å². The van der Waals surface area contributed by atoms with Crippen LogP contribution in [-0.4, -0.2) is 36.1 Å². The summed E-state index contributed by atoms with van der Waals surface area (Å²) in [6.07, 6.45) is 6.79. The molecule has 2 aliphatic rings. The molecule has 2 unspecified atom stereocenters. The highest BCUT2D eigenvalue weighted by Gasteiger charge is 2.32. The molecule has 1 aliphatic heterocycles. The van der Waals surface area contributed by atoms with Gasteiger partial charge in [0, 0.05) is 23.7 Å². The van der Waals surface area contributed by atoms with Crippen LogP contribution in [0.25, 0.3) is 0 Å². The Morgan fingerprint density at radius 2 is 2.21 bits per heavy atom. The van der Waals surface area contributed by atoms with Gasteiger partial charge in [0.25, 0.3) is 0 Å². The van der Waals surface area contributed by atoms with Gasteiger partial charge in [0.2, 0.25) is 0 Å². The van der Waals surface area contributed by atoms with Gasteiger partial charge in [-0.05, 0) is 52.1 Å². The van der Waals surface area contributed by atoms with Crippen LogP contribution in [0.15, 0.2) is 5.38 Å². The Morgan fingerprint density at radius 1 is 1.37 bits per heavy atom. The van der Waals surface area contributed by atoms with Crippen LogP contribution in [0.2, 0.25) is 0 Å². The number of aromatic nitrogens is 1. The number of thiazole rings is 1. The molecule has 19 heavy (non-hydrogen) atoms. The van der Waals surface area contributed by atoms with Gasteiger partial charge in [0.15, 0.2) is 0 Å². The Hall–Kier alpha value is -0.450. The van der Waals surface area contributed by atoms with Crippen LogP contribution < -0.4 is 5.32 Å². The molecular weight excluding hydrogens is 254 g/mol. The second-order valence-electron chi connectivity index (χ2n) is 6.19. The summed E-state index contributed by atoms with van der Waals surface area (Å²) in [5, 5.41) is 7.25. The normalized spacial score (nSPS) is 29.4. The van der Waals surface area contributed by atoms with Gasteiger partial charge in [-0.3, -0.25) is 4.90 Å². The van der Waals surface area contributed by atoms with Crippen molar-refractivity contribution in [2.75, 3.05) is 20.1 Å². The molecule has 0 spiro atoms. The van der Waals surface area contributed by atoms with E-state index >= 15 is 0 Å². The monoisotopic (exact) mass is 279 g/mol. The third-order valence-electron chi connectivity index (χ3n) is 4.39. The predicted octanol–water partition coefficient (Wildman–Crippen LogP) is 2.98. The third kappa shape index (κ3) is 3.36. The van der Waals surface area contributed by atoms with Gasteiger partial charge in [-0.15, -0.1) is 11.3 Å². The lowest BCUT2D eigenvalue weighted by Gasteiger charge is -2.31. The van der Waals surface area contributed by atoms with Crippen molar-refractivity contribution in [1.29, 1.82) is 0 Å². The number of rotatable bonds is 4. The number of nitrogens with zero attached hydrogens (tertiary/aromatic N) is 2. The largest absolute Gasteiger partial charge is 0.314 e.